The number of aromatic nitrogens is 1. The van der Waals surface area contributed by atoms with Crippen molar-refractivity contribution in [3.63, 3.8) is 0 Å². The zero-order valence-electron chi connectivity index (χ0n) is 27.2. The number of amides is 2. The molecular weight excluding hydrogens is 647 g/mol. The van der Waals surface area contributed by atoms with Crippen LogP contribution in [-0.4, -0.2) is 79.3 Å². The Kier molecular flexibility index (Phi) is 9.18. The molecule has 260 valence electrons. The number of nitrogens with zero attached hydrogens (tertiary/aromatic N) is 2. The summed E-state index contributed by atoms with van der Waals surface area (Å²) in [4.78, 5) is 26.8. The van der Waals surface area contributed by atoms with E-state index in [1.807, 2.05) is 18.7 Å². The van der Waals surface area contributed by atoms with Crippen LogP contribution in [0.3, 0.4) is 0 Å². The highest BCUT2D eigenvalue weighted by molar-refractivity contribution is 7.90. The van der Waals surface area contributed by atoms with E-state index in [-0.39, 0.29) is 41.8 Å². The molecule has 1 aromatic heterocycles. The number of rotatable bonds is 8. The molecule has 0 atom stereocenters. The molecule has 2 aromatic carbocycles. The second-order valence-electron chi connectivity index (χ2n) is 14.1. The molecule has 1 aliphatic carbocycles. The standard InChI is InChI=1S/C34H42F3N5O5S/c1-33(2)19-29-30(26-10-4-22(35)18-28(26)42(29)48(45,46)20-33)21-3-9-25(31(38)43)27(17-21)40-23-5-7-24(8-6-23)47-32(44)39-13-16-41-14-11-34(36,37)12-15-41/h3-4,9-10,17-18,23-24,40H,5-8,11-16,19-20H2,1-2H3,(H2,38,43)(H,39,44). The van der Waals surface area contributed by atoms with Crippen LogP contribution < -0.4 is 16.4 Å². The minimum absolute atomic E-state index is 0.0494. The van der Waals surface area contributed by atoms with Crippen LogP contribution >= 0.6 is 0 Å². The van der Waals surface area contributed by atoms with E-state index in [1.54, 1.807) is 24.3 Å². The smallest absolute Gasteiger partial charge is 0.407 e. The molecule has 3 aliphatic rings. The third kappa shape index (κ3) is 7.29. The summed E-state index contributed by atoms with van der Waals surface area (Å²) in [7, 11) is -3.77. The fourth-order valence-corrected chi connectivity index (χ4v) is 9.50. The summed E-state index contributed by atoms with van der Waals surface area (Å²) in [5.41, 5.74) is 8.18. The van der Waals surface area contributed by atoms with Crippen molar-refractivity contribution < 1.29 is 35.9 Å². The van der Waals surface area contributed by atoms with Crippen LogP contribution in [0, 0.1) is 11.2 Å². The topological polar surface area (TPSA) is 136 Å². The third-order valence-corrected chi connectivity index (χ3v) is 11.8. The van der Waals surface area contributed by atoms with Gasteiger partial charge in [0.1, 0.15) is 11.9 Å². The molecule has 3 heterocycles. The van der Waals surface area contributed by atoms with Crippen LogP contribution in [0.15, 0.2) is 36.4 Å². The Morgan fingerprint density at radius 2 is 1.75 bits per heavy atom. The molecule has 2 aliphatic heterocycles. The Balaban J connectivity index is 1.14. The number of benzene rings is 2. The number of nitrogens with two attached hydrogens (primary N) is 1. The number of piperidine rings is 1. The summed E-state index contributed by atoms with van der Waals surface area (Å²) in [6.07, 6.45) is 1.77. The van der Waals surface area contributed by atoms with Gasteiger partial charge >= 0.3 is 6.09 Å². The van der Waals surface area contributed by atoms with Gasteiger partial charge in [-0.05, 0) is 73.4 Å². The molecule has 10 nitrogen and oxygen atoms in total. The van der Waals surface area contributed by atoms with Crippen molar-refractivity contribution in [1.29, 1.82) is 0 Å². The third-order valence-electron chi connectivity index (χ3n) is 9.65. The van der Waals surface area contributed by atoms with Gasteiger partial charge in [0.15, 0.2) is 0 Å². The molecule has 14 heteroatoms. The van der Waals surface area contributed by atoms with Gasteiger partial charge in [-0.1, -0.05) is 19.9 Å². The van der Waals surface area contributed by atoms with Crippen LogP contribution in [-0.2, 0) is 21.2 Å². The van der Waals surface area contributed by atoms with E-state index in [2.05, 4.69) is 10.6 Å². The van der Waals surface area contributed by atoms with Crippen LogP contribution in [0.4, 0.5) is 23.7 Å². The minimum atomic E-state index is -3.77. The number of fused-ring (bicyclic) bond motifs is 3. The van der Waals surface area contributed by atoms with Gasteiger partial charge in [0.05, 0.1) is 16.8 Å². The molecule has 3 aromatic rings. The number of hydrogen-bond acceptors (Lipinski definition) is 7. The van der Waals surface area contributed by atoms with Crippen LogP contribution in [0.25, 0.3) is 22.0 Å². The number of carbonyl (C=O) groups excluding carboxylic acids is 2. The van der Waals surface area contributed by atoms with Gasteiger partial charge in [0, 0.05) is 67.4 Å². The van der Waals surface area contributed by atoms with Crippen molar-refractivity contribution in [3.8, 4) is 11.1 Å². The lowest BCUT2D eigenvalue weighted by Gasteiger charge is -2.32. The minimum Gasteiger partial charge on any atom is -0.446 e. The van der Waals surface area contributed by atoms with Crippen molar-refractivity contribution in [2.45, 2.75) is 76.9 Å². The van der Waals surface area contributed by atoms with E-state index in [4.69, 9.17) is 10.5 Å². The lowest BCUT2D eigenvalue weighted by atomic mass is 9.87. The number of ether oxygens (including phenoxy) is 1. The molecule has 0 radical (unpaired) electrons. The Morgan fingerprint density at radius 1 is 1.04 bits per heavy atom. The first-order valence-electron chi connectivity index (χ1n) is 16.4. The first-order valence-corrected chi connectivity index (χ1v) is 18.0. The number of likely N-dealkylation sites (tertiary alicyclic amines) is 1. The molecule has 0 spiro atoms. The summed E-state index contributed by atoms with van der Waals surface area (Å²) in [5, 5.41) is 6.77. The molecule has 2 fully saturated rings. The SMILES string of the molecule is CC1(C)Cc2c(-c3ccc(C(N)=O)c(NC4CCC(OC(=O)NCCN5CCC(F)(F)CC5)CC4)c3)c3ccc(F)cc3n2S(=O)(=O)C1. The number of alkyl halides is 2. The molecule has 1 saturated heterocycles. The molecule has 1 saturated carbocycles. The van der Waals surface area contributed by atoms with Crippen molar-refractivity contribution in [1.82, 2.24) is 14.2 Å². The molecule has 4 N–H and O–H groups in total. The predicted molar refractivity (Wildman–Crippen MR) is 177 cm³/mol. The number of hydrogen-bond donors (Lipinski definition) is 3. The van der Waals surface area contributed by atoms with Gasteiger partial charge in [0.25, 0.3) is 11.8 Å². The number of alkyl carbamates (subject to hydrolysis) is 1. The second kappa shape index (κ2) is 12.9. The van der Waals surface area contributed by atoms with Crippen molar-refractivity contribution in [3.05, 3.63) is 53.5 Å². The molecule has 0 unspecified atom stereocenters. The lowest BCUT2D eigenvalue weighted by Crippen LogP contribution is -2.43. The second-order valence-corrected chi connectivity index (χ2v) is 15.9. The monoisotopic (exact) mass is 689 g/mol. The maximum Gasteiger partial charge on any atom is 0.407 e. The number of anilines is 1. The summed E-state index contributed by atoms with van der Waals surface area (Å²) < 4.78 is 75.0. The Bertz CT molecular complexity index is 1830. The van der Waals surface area contributed by atoms with Gasteiger partial charge in [-0.25, -0.2) is 30.4 Å². The van der Waals surface area contributed by atoms with Crippen molar-refractivity contribution >= 4 is 38.6 Å². The Labute approximate surface area is 278 Å². The molecule has 2 amide bonds. The van der Waals surface area contributed by atoms with E-state index in [0.717, 1.165) is 0 Å². The summed E-state index contributed by atoms with van der Waals surface area (Å²) in [6, 6.07) is 9.26. The number of nitrogens with one attached hydrogen (secondary N) is 2. The fraction of sp³-hybridized carbons (Fsp3) is 0.529. The van der Waals surface area contributed by atoms with Gasteiger partial charge < -0.3 is 26.0 Å². The fourth-order valence-electron chi connectivity index (χ4n) is 7.34. The summed E-state index contributed by atoms with van der Waals surface area (Å²) >= 11 is 0. The maximum atomic E-state index is 14.4. The van der Waals surface area contributed by atoms with Crippen molar-refractivity contribution in [2.24, 2.45) is 11.1 Å². The quantitative estimate of drug-likeness (QED) is 0.285. The normalized spacial score (nSPS) is 23.3. The van der Waals surface area contributed by atoms with Crippen molar-refractivity contribution in [2.75, 3.05) is 37.2 Å². The van der Waals surface area contributed by atoms with Crippen LogP contribution in [0.1, 0.15) is 68.4 Å². The number of carbonyl (C=O) groups is 2. The van der Waals surface area contributed by atoms with Gasteiger partial charge in [-0.2, -0.15) is 0 Å². The van der Waals surface area contributed by atoms with E-state index < -0.39 is 39.2 Å². The largest absolute Gasteiger partial charge is 0.446 e. The first-order chi connectivity index (χ1) is 22.6. The first kappa shape index (κ1) is 34.1. The van der Waals surface area contributed by atoms with E-state index in [1.165, 1.54) is 16.1 Å². The summed E-state index contributed by atoms with van der Waals surface area (Å²) in [6.45, 7) is 5.17. The number of primary amides is 1. The highest BCUT2D eigenvalue weighted by Gasteiger charge is 2.39. The zero-order valence-corrected chi connectivity index (χ0v) is 28.0. The van der Waals surface area contributed by atoms with E-state index in [0.29, 0.717) is 86.2 Å². The van der Waals surface area contributed by atoms with Gasteiger partial charge in [-0.15, -0.1) is 0 Å². The van der Waals surface area contributed by atoms with E-state index >= 15 is 0 Å². The maximum absolute atomic E-state index is 14.4. The molecular formula is C34H42F3N5O5S. The molecule has 0 bridgehead atoms. The zero-order chi connectivity index (χ0) is 34.4. The summed E-state index contributed by atoms with van der Waals surface area (Å²) in [5.74, 6) is -3.84. The molecule has 48 heavy (non-hydrogen) atoms. The van der Waals surface area contributed by atoms with Crippen LogP contribution in [0.5, 0.6) is 0 Å². The Morgan fingerprint density at radius 3 is 2.44 bits per heavy atom. The average Bonchev–Trinajstić information content (AvgIpc) is 3.31. The van der Waals surface area contributed by atoms with E-state index in [9.17, 15) is 31.2 Å². The highest BCUT2D eigenvalue weighted by Crippen LogP contribution is 2.44. The highest BCUT2D eigenvalue weighted by atomic mass is 32.2. The van der Waals surface area contributed by atoms with Gasteiger partial charge in [-0.3, -0.25) is 4.79 Å². The predicted octanol–water partition coefficient (Wildman–Crippen LogP) is 5.49. The Hall–Kier alpha value is -3.78. The van der Waals surface area contributed by atoms with Gasteiger partial charge in [0.2, 0.25) is 10.0 Å². The average molecular weight is 690 g/mol. The lowest BCUT2D eigenvalue weighted by molar-refractivity contribution is -0.0548. The number of halogens is 3. The van der Waals surface area contributed by atoms with Crippen LogP contribution in [0.2, 0.25) is 0 Å². The molecule has 6 rings (SSSR count).